The number of hydrogen-bond donors (Lipinski definition) is 1. The molecule has 154 valence electrons. The number of hydrogen-bond acceptors (Lipinski definition) is 5. The van der Waals surface area contributed by atoms with Crippen molar-refractivity contribution < 1.29 is 14.3 Å². The first-order valence-corrected chi connectivity index (χ1v) is 10.7. The van der Waals surface area contributed by atoms with Crippen LogP contribution in [0.3, 0.4) is 0 Å². The number of aromatic nitrogens is 2. The van der Waals surface area contributed by atoms with Crippen molar-refractivity contribution in [1.82, 2.24) is 15.1 Å². The maximum Gasteiger partial charge on any atom is 0.251 e. The van der Waals surface area contributed by atoms with E-state index in [1.54, 1.807) is 29.5 Å². The lowest BCUT2D eigenvalue weighted by molar-refractivity contribution is 0.0948. The van der Waals surface area contributed by atoms with E-state index in [0.717, 1.165) is 16.3 Å². The van der Waals surface area contributed by atoms with Crippen molar-refractivity contribution in [2.45, 2.75) is 33.7 Å². The molecule has 0 spiro atoms. The zero-order chi connectivity index (χ0) is 20.8. The molecular weight excluding hydrogens is 386 g/mol. The largest absolute Gasteiger partial charge is 0.490 e. The zero-order valence-corrected chi connectivity index (χ0v) is 18.1. The molecular formula is C22H27N3O3S. The first kappa shape index (κ1) is 20.9. The molecule has 1 N–H and O–H groups in total. The van der Waals surface area contributed by atoms with Gasteiger partial charge in [0.05, 0.1) is 18.9 Å². The quantitative estimate of drug-likeness (QED) is 0.565. The van der Waals surface area contributed by atoms with Gasteiger partial charge in [0, 0.05) is 22.7 Å². The van der Waals surface area contributed by atoms with Crippen LogP contribution in [0, 0.1) is 13.8 Å². The van der Waals surface area contributed by atoms with Crippen LogP contribution in [-0.4, -0.2) is 35.4 Å². The molecule has 0 aliphatic heterocycles. The molecule has 1 atom stereocenters. The van der Waals surface area contributed by atoms with Gasteiger partial charge in [0.2, 0.25) is 0 Å². The highest BCUT2D eigenvalue weighted by Gasteiger charge is 2.20. The van der Waals surface area contributed by atoms with Crippen LogP contribution >= 0.6 is 11.3 Å². The van der Waals surface area contributed by atoms with Gasteiger partial charge >= 0.3 is 0 Å². The molecule has 0 saturated carbocycles. The minimum atomic E-state index is -0.155. The van der Waals surface area contributed by atoms with E-state index in [-0.39, 0.29) is 11.9 Å². The third kappa shape index (κ3) is 4.98. The van der Waals surface area contributed by atoms with Gasteiger partial charge in [-0.2, -0.15) is 5.10 Å². The summed E-state index contributed by atoms with van der Waals surface area (Å²) < 4.78 is 13.2. The topological polar surface area (TPSA) is 65.4 Å². The van der Waals surface area contributed by atoms with Gasteiger partial charge in [-0.25, -0.2) is 0 Å². The Morgan fingerprint density at radius 1 is 1.14 bits per heavy atom. The summed E-state index contributed by atoms with van der Waals surface area (Å²) in [4.78, 5) is 14.0. The monoisotopic (exact) mass is 413 g/mol. The molecule has 2 heterocycles. The lowest BCUT2D eigenvalue weighted by Gasteiger charge is -2.19. The SMILES string of the molecule is CCOc1ccc(C(=O)NCC(c2cccs2)n2nc(C)cc2C)cc1OCC. The van der Waals surface area contributed by atoms with Crippen molar-refractivity contribution in [3.63, 3.8) is 0 Å². The van der Waals surface area contributed by atoms with Gasteiger partial charge < -0.3 is 14.8 Å². The van der Waals surface area contributed by atoms with E-state index >= 15 is 0 Å². The number of carbonyl (C=O) groups is 1. The predicted molar refractivity (Wildman–Crippen MR) is 115 cm³/mol. The summed E-state index contributed by atoms with van der Waals surface area (Å²) in [5, 5.41) is 9.72. The molecule has 0 bridgehead atoms. The molecule has 0 fully saturated rings. The molecule has 0 radical (unpaired) electrons. The van der Waals surface area contributed by atoms with Gasteiger partial charge in [-0.05, 0) is 63.4 Å². The van der Waals surface area contributed by atoms with Crippen LogP contribution in [-0.2, 0) is 0 Å². The number of carbonyl (C=O) groups excluding carboxylic acids is 1. The van der Waals surface area contributed by atoms with Crippen LogP contribution < -0.4 is 14.8 Å². The van der Waals surface area contributed by atoms with E-state index in [1.807, 2.05) is 49.9 Å². The Balaban J connectivity index is 1.78. The first-order valence-electron chi connectivity index (χ1n) is 9.77. The molecule has 3 rings (SSSR count). The highest BCUT2D eigenvalue weighted by molar-refractivity contribution is 7.10. The predicted octanol–water partition coefficient (Wildman–Crippen LogP) is 4.38. The maximum absolute atomic E-state index is 12.8. The fourth-order valence-electron chi connectivity index (χ4n) is 3.23. The summed E-state index contributed by atoms with van der Waals surface area (Å²) >= 11 is 1.66. The minimum Gasteiger partial charge on any atom is -0.490 e. The average molecular weight is 414 g/mol. The lowest BCUT2D eigenvalue weighted by atomic mass is 10.1. The zero-order valence-electron chi connectivity index (χ0n) is 17.3. The second-order valence-corrected chi connectivity index (χ2v) is 7.62. The van der Waals surface area contributed by atoms with Crippen LogP contribution in [0.1, 0.15) is 46.5 Å². The smallest absolute Gasteiger partial charge is 0.251 e. The maximum atomic E-state index is 12.8. The number of nitrogens with one attached hydrogen (secondary N) is 1. The van der Waals surface area contributed by atoms with Crippen LogP contribution in [0.15, 0.2) is 41.8 Å². The Bertz CT molecular complexity index is 950. The number of rotatable bonds is 9. The standard InChI is InChI=1S/C22H27N3O3S/c1-5-27-19-10-9-17(13-20(19)28-6-2)22(26)23-14-18(21-8-7-11-29-21)25-16(4)12-15(3)24-25/h7-13,18H,5-6,14H2,1-4H3,(H,23,26). The molecule has 6 nitrogen and oxygen atoms in total. The molecule has 3 aromatic rings. The third-order valence-corrected chi connectivity index (χ3v) is 5.45. The Hall–Kier alpha value is -2.80. The Kier molecular flexibility index (Phi) is 6.93. The molecule has 2 aromatic heterocycles. The summed E-state index contributed by atoms with van der Waals surface area (Å²) in [5.41, 5.74) is 2.56. The second-order valence-electron chi connectivity index (χ2n) is 6.64. The normalized spacial score (nSPS) is 11.9. The number of amides is 1. The number of nitrogens with zero attached hydrogens (tertiary/aromatic N) is 2. The summed E-state index contributed by atoms with van der Waals surface area (Å²) in [6, 6.07) is 11.3. The number of ether oxygens (including phenoxy) is 2. The van der Waals surface area contributed by atoms with Crippen molar-refractivity contribution in [3.05, 3.63) is 63.6 Å². The molecule has 0 aliphatic carbocycles. The molecule has 1 amide bonds. The summed E-state index contributed by atoms with van der Waals surface area (Å²) in [6.45, 7) is 9.31. The van der Waals surface area contributed by atoms with Crippen molar-refractivity contribution in [1.29, 1.82) is 0 Å². The van der Waals surface area contributed by atoms with Crippen LogP contribution in [0.5, 0.6) is 11.5 Å². The Morgan fingerprint density at radius 2 is 1.90 bits per heavy atom. The van der Waals surface area contributed by atoms with E-state index in [0.29, 0.717) is 36.8 Å². The van der Waals surface area contributed by atoms with Gasteiger partial charge in [-0.1, -0.05) is 6.07 Å². The van der Waals surface area contributed by atoms with Crippen LogP contribution in [0.4, 0.5) is 0 Å². The summed E-state index contributed by atoms with van der Waals surface area (Å²) in [6.07, 6.45) is 0. The third-order valence-electron chi connectivity index (χ3n) is 4.47. The van der Waals surface area contributed by atoms with Crippen LogP contribution in [0.2, 0.25) is 0 Å². The second kappa shape index (κ2) is 9.60. The lowest BCUT2D eigenvalue weighted by Crippen LogP contribution is -2.31. The molecule has 29 heavy (non-hydrogen) atoms. The summed E-state index contributed by atoms with van der Waals surface area (Å²) in [7, 11) is 0. The number of aryl methyl sites for hydroxylation is 2. The molecule has 1 aromatic carbocycles. The van der Waals surface area contributed by atoms with Crippen molar-refractivity contribution >= 4 is 17.2 Å². The Morgan fingerprint density at radius 3 is 2.52 bits per heavy atom. The van der Waals surface area contributed by atoms with Gasteiger partial charge in [0.15, 0.2) is 11.5 Å². The van der Waals surface area contributed by atoms with Gasteiger partial charge in [0.1, 0.15) is 6.04 Å². The van der Waals surface area contributed by atoms with Gasteiger partial charge in [0.25, 0.3) is 5.91 Å². The van der Waals surface area contributed by atoms with Gasteiger partial charge in [-0.3, -0.25) is 9.48 Å². The highest BCUT2D eigenvalue weighted by Crippen LogP contribution is 2.29. The van der Waals surface area contributed by atoms with E-state index in [1.165, 1.54) is 0 Å². The Labute approximate surface area is 175 Å². The van der Waals surface area contributed by atoms with Crippen LogP contribution in [0.25, 0.3) is 0 Å². The highest BCUT2D eigenvalue weighted by atomic mass is 32.1. The number of benzene rings is 1. The van der Waals surface area contributed by atoms with E-state index in [4.69, 9.17) is 9.47 Å². The molecule has 0 aliphatic rings. The minimum absolute atomic E-state index is 0.0540. The average Bonchev–Trinajstić information content (AvgIpc) is 3.34. The van der Waals surface area contributed by atoms with Crippen molar-refractivity contribution in [2.24, 2.45) is 0 Å². The fourth-order valence-corrected chi connectivity index (χ4v) is 4.05. The van der Waals surface area contributed by atoms with E-state index < -0.39 is 0 Å². The van der Waals surface area contributed by atoms with E-state index in [2.05, 4.69) is 16.5 Å². The van der Waals surface area contributed by atoms with Crippen molar-refractivity contribution in [3.8, 4) is 11.5 Å². The summed E-state index contributed by atoms with van der Waals surface area (Å²) in [5.74, 6) is 1.07. The van der Waals surface area contributed by atoms with Gasteiger partial charge in [-0.15, -0.1) is 11.3 Å². The molecule has 1 unspecified atom stereocenters. The van der Waals surface area contributed by atoms with E-state index in [9.17, 15) is 4.79 Å². The molecule has 0 saturated heterocycles. The number of thiophene rings is 1. The molecule has 7 heteroatoms. The first-order chi connectivity index (χ1) is 14.0. The van der Waals surface area contributed by atoms with Crippen molar-refractivity contribution in [2.75, 3.05) is 19.8 Å². The fraction of sp³-hybridized carbons (Fsp3) is 0.364.